The Labute approximate surface area is 211 Å². The van der Waals surface area contributed by atoms with E-state index in [0.29, 0.717) is 28.2 Å². The van der Waals surface area contributed by atoms with Crippen LogP contribution in [0, 0.1) is 0 Å². The highest BCUT2D eigenvalue weighted by molar-refractivity contribution is 7.92. The smallest absolute Gasteiger partial charge is 0.338 e. The van der Waals surface area contributed by atoms with Crippen LogP contribution in [-0.2, 0) is 29.7 Å². The van der Waals surface area contributed by atoms with Gasteiger partial charge in [0, 0.05) is 22.5 Å². The third-order valence-corrected chi connectivity index (χ3v) is 6.11. The predicted octanol–water partition coefficient (Wildman–Crippen LogP) is 2.28. The standard InChI is InChI=1S/C23H20N4O8S2/c1-36(30,31)26-16-10-6-14(7-11-16)20-18(22(28)34-24-20)4-3-5-19-21(25-35-23(19)29)15-8-12-17(13-9-15)27-37(2,32)33/h3-13,24,26-27H,1-2H3. The lowest BCUT2D eigenvalue weighted by atomic mass is 10.0. The molecule has 192 valence electrons. The first-order valence-corrected chi connectivity index (χ1v) is 14.2. The summed E-state index contributed by atoms with van der Waals surface area (Å²) in [5, 5.41) is 6.33. The van der Waals surface area contributed by atoms with Crippen LogP contribution < -0.4 is 15.1 Å². The molecule has 0 radical (unpaired) electrons. The van der Waals surface area contributed by atoms with E-state index >= 15 is 0 Å². The number of nitrogens with one attached hydrogen (secondary N) is 3. The van der Waals surface area contributed by atoms with Crippen LogP contribution in [0.1, 0.15) is 11.1 Å². The Morgan fingerprint density at radius 3 is 1.92 bits per heavy atom. The van der Waals surface area contributed by atoms with Gasteiger partial charge in [-0.05, 0) is 36.4 Å². The first-order chi connectivity index (χ1) is 17.4. The van der Waals surface area contributed by atoms with E-state index in [2.05, 4.69) is 19.8 Å². The molecule has 0 saturated heterocycles. The van der Waals surface area contributed by atoms with Crippen molar-refractivity contribution in [1.29, 1.82) is 0 Å². The fourth-order valence-corrected chi connectivity index (χ4v) is 4.51. The number of rotatable bonds is 8. The maximum Gasteiger partial charge on any atom is 0.368 e. The molecular weight excluding hydrogens is 524 g/mol. The number of aromatic nitrogens is 1. The number of hydrogen-bond donors (Lipinski definition) is 3. The van der Waals surface area contributed by atoms with Gasteiger partial charge in [-0.2, -0.15) is 0 Å². The van der Waals surface area contributed by atoms with Gasteiger partial charge in [0.1, 0.15) is 5.71 Å². The van der Waals surface area contributed by atoms with E-state index in [0.717, 1.165) is 12.5 Å². The van der Waals surface area contributed by atoms with Crippen LogP contribution in [0.25, 0.3) is 17.3 Å². The number of benzene rings is 2. The number of hydrogen-bond acceptors (Lipinski definition) is 9. The molecule has 2 aromatic carbocycles. The molecule has 14 heteroatoms. The summed E-state index contributed by atoms with van der Waals surface area (Å²) >= 11 is 0. The van der Waals surface area contributed by atoms with Crippen LogP contribution in [0.5, 0.6) is 0 Å². The van der Waals surface area contributed by atoms with Crippen molar-refractivity contribution in [1.82, 2.24) is 5.16 Å². The monoisotopic (exact) mass is 544 g/mol. The minimum absolute atomic E-state index is 0.123. The molecule has 0 amide bonds. The first kappa shape index (κ1) is 25.7. The summed E-state index contributed by atoms with van der Waals surface area (Å²) in [4.78, 5) is 29.3. The zero-order valence-electron chi connectivity index (χ0n) is 19.4. The van der Waals surface area contributed by atoms with Crippen LogP contribution in [0.15, 0.2) is 80.7 Å². The molecule has 0 fully saturated rings. The van der Waals surface area contributed by atoms with Gasteiger partial charge in [-0.25, -0.2) is 31.6 Å². The maximum atomic E-state index is 12.3. The summed E-state index contributed by atoms with van der Waals surface area (Å²) in [6.07, 6.45) is 6.39. The summed E-state index contributed by atoms with van der Waals surface area (Å²) < 4.78 is 55.1. The van der Waals surface area contributed by atoms with Gasteiger partial charge < -0.3 is 9.36 Å². The topological polar surface area (TPSA) is 177 Å². The number of H-pyrrole nitrogens is 1. The van der Waals surface area contributed by atoms with Crippen molar-refractivity contribution in [2.24, 2.45) is 5.16 Å². The first-order valence-electron chi connectivity index (χ1n) is 10.5. The molecular formula is C23H20N4O8S2. The molecule has 0 saturated carbocycles. The van der Waals surface area contributed by atoms with Crippen molar-refractivity contribution in [3.05, 3.63) is 87.8 Å². The van der Waals surface area contributed by atoms with E-state index in [-0.39, 0.29) is 16.8 Å². The summed E-state index contributed by atoms with van der Waals surface area (Å²) in [6, 6.07) is 12.5. The van der Waals surface area contributed by atoms with Crippen LogP contribution >= 0.6 is 0 Å². The van der Waals surface area contributed by atoms with Gasteiger partial charge in [0.2, 0.25) is 20.0 Å². The number of carbonyl (C=O) groups is 1. The molecule has 0 bridgehead atoms. The second kappa shape index (κ2) is 9.91. The van der Waals surface area contributed by atoms with Crippen molar-refractivity contribution in [2.45, 2.75) is 0 Å². The highest BCUT2D eigenvalue weighted by Crippen LogP contribution is 2.24. The minimum atomic E-state index is -3.44. The van der Waals surface area contributed by atoms with Gasteiger partial charge in [0.25, 0.3) is 0 Å². The zero-order valence-corrected chi connectivity index (χ0v) is 21.0. The fraction of sp³-hybridized carbons (Fsp3) is 0.0870. The molecule has 0 aliphatic carbocycles. The summed E-state index contributed by atoms with van der Waals surface area (Å²) in [7, 11) is -6.88. The van der Waals surface area contributed by atoms with Crippen LogP contribution in [-0.4, -0.2) is 46.2 Å². The zero-order chi connectivity index (χ0) is 26.8. The molecule has 37 heavy (non-hydrogen) atoms. The molecule has 0 unspecified atom stereocenters. The third-order valence-electron chi connectivity index (χ3n) is 4.89. The Morgan fingerprint density at radius 1 is 0.838 bits per heavy atom. The van der Waals surface area contributed by atoms with Gasteiger partial charge >= 0.3 is 11.6 Å². The van der Waals surface area contributed by atoms with E-state index in [1.54, 1.807) is 24.3 Å². The highest BCUT2D eigenvalue weighted by atomic mass is 32.2. The average molecular weight is 545 g/mol. The second-order valence-corrected chi connectivity index (χ2v) is 11.4. The number of aromatic amines is 1. The van der Waals surface area contributed by atoms with E-state index in [1.165, 1.54) is 42.5 Å². The fourth-order valence-electron chi connectivity index (χ4n) is 3.38. The van der Waals surface area contributed by atoms with E-state index in [9.17, 15) is 26.4 Å². The number of carbonyl (C=O) groups excluding carboxylic acids is 1. The van der Waals surface area contributed by atoms with Crippen molar-refractivity contribution < 1.29 is 31.0 Å². The molecule has 3 N–H and O–H groups in total. The van der Waals surface area contributed by atoms with E-state index < -0.39 is 31.6 Å². The average Bonchev–Trinajstić information content (AvgIpc) is 3.35. The van der Waals surface area contributed by atoms with Crippen molar-refractivity contribution >= 4 is 49.2 Å². The molecule has 3 aromatic rings. The molecule has 0 spiro atoms. The molecule has 12 nitrogen and oxygen atoms in total. The SMILES string of the molecule is CS(=O)(=O)Nc1ccc(C2=NOC(=O)C2=CC=Cc2c(-c3ccc(NS(C)(=O)=O)cc3)[nH]oc2=O)cc1. The van der Waals surface area contributed by atoms with Crippen molar-refractivity contribution in [3.8, 4) is 11.3 Å². The Balaban J connectivity index is 1.57. The second-order valence-electron chi connectivity index (χ2n) is 7.94. The molecule has 1 aliphatic rings. The number of allylic oxidation sites excluding steroid dienone is 2. The van der Waals surface area contributed by atoms with Crippen LogP contribution in [0.4, 0.5) is 11.4 Å². The van der Waals surface area contributed by atoms with Gasteiger partial charge in [0.05, 0.1) is 29.3 Å². The number of anilines is 2. The number of oxime groups is 1. The molecule has 2 heterocycles. The van der Waals surface area contributed by atoms with Gasteiger partial charge in [-0.3, -0.25) is 9.44 Å². The predicted molar refractivity (Wildman–Crippen MR) is 138 cm³/mol. The Morgan fingerprint density at radius 2 is 1.38 bits per heavy atom. The lowest BCUT2D eigenvalue weighted by Crippen LogP contribution is -2.10. The lowest BCUT2D eigenvalue weighted by molar-refractivity contribution is -0.136. The lowest BCUT2D eigenvalue weighted by Gasteiger charge is -2.05. The Hall–Kier alpha value is -4.43. The Kier molecular flexibility index (Phi) is 6.87. The minimum Gasteiger partial charge on any atom is -0.338 e. The Bertz CT molecular complexity index is 1710. The van der Waals surface area contributed by atoms with Gasteiger partial charge in [0.15, 0.2) is 0 Å². The van der Waals surface area contributed by atoms with Crippen LogP contribution in [0.2, 0.25) is 0 Å². The van der Waals surface area contributed by atoms with E-state index in [4.69, 9.17) is 9.36 Å². The van der Waals surface area contributed by atoms with Gasteiger partial charge in [-0.1, -0.05) is 35.5 Å². The molecule has 1 aromatic heterocycles. The van der Waals surface area contributed by atoms with Crippen molar-refractivity contribution in [2.75, 3.05) is 22.0 Å². The van der Waals surface area contributed by atoms with E-state index in [1.807, 2.05) is 0 Å². The summed E-state index contributed by atoms with van der Waals surface area (Å²) in [6.45, 7) is 0. The quantitative estimate of drug-likeness (QED) is 0.286. The molecule has 0 atom stereocenters. The highest BCUT2D eigenvalue weighted by Gasteiger charge is 2.26. The number of sulfonamides is 2. The van der Waals surface area contributed by atoms with Crippen molar-refractivity contribution in [3.63, 3.8) is 0 Å². The largest absolute Gasteiger partial charge is 0.368 e. The molecule has 1 aliphatic heterocycles. The maximum absolute atomic E-state index is 12.3. The molecule has 4 rings (SSSR count). The van der Waals surface area contributed by atoms with Crippen LogP contribution in [0.3, 0.4) is 0 Å². The van der Waals surface area contributed by atoms with Gasteiger partial charge in [-0.15, -0.1) is 0 Å². The summed E-state index contributed by atoms with van der Waals surface area (Å²) in [5.74, 6) is -0.701. The third kappa shape index (κ3) is 6.42. The number of nitrogens with zero attached hydrogens (tertiary/aromatic N) is 1. The normalized spacial score (nSPS) is 15.1. The summed E-state index contributed by atoms with van der Waals surface area (Å²) in [5.41, 5.74) is 1.98.